The Bertz CT molecular complexity index is 1060. The number of aliphatic carboxylic acids is 1. The van der Waals surface area contributed by atoms with Crippen molar-refractivity contribution in [2.45, 2.75) is 25.2 Å². The van der Waals surface area contributed by atoms with Gasteiger partial charge in [-0.15, -0.1) is 0 Å². The molecular weight excluding hydrogens is 467 g/mol. The molecule has 1 aliphatic rings. The van der Waals surface area contributed by atoms with Gasteiger partial charge >= 0.3 is 18.2 Å². The van der Waals surface area contributed by atoms with E-state index in [9.17, 15) is 31.5 Å². The second-order valence-electron chi connectivity index (χ2n) is 6.85. The van der Waals surface area contributed by atoms with Crippen LogP contribution < -0.4 is 10.6 Å². The first-order chi connectivity index (χ1) is 16.0. The SMILES string of the molecule is O=C(N[C@@H]1CC=C(c2cccc(F)c2F)CNC1=O)OCc1ccccc1.O=C(O)C(F)(F)F. The van der Waals surface area contributed by atoms with Crippen molar-refractivity contribution in [3.8, 4) is 0 Å². The van der Waals surface area contributed by atoms with Crippen LogP contribution in [0.4, 0.5) is 26.7 Å². The predicted molar refractivity (Wildman–Crippen MR) is 109 cm³/mol. The Morgan fingerprint density at radius 1 is 1.09 bits per heavy atom. The lowest BCUT2D eigenvalue weighted by Crippen LogP contribution is -2.45. The van der Waals surface area contributed by atoms with E-state index >= 15 is 0 Å². The number of hydrogen-bond donors (Lipinski definition) is 3. The molecule has 34 heavy (non-hydrogen) atoms. The third kappa shape index (κ3) is 7.87. The third-order valence-electron chi connectivity index (χ3n) is 4.41. The van der Waals surface area contributed by atoms with E-state index in [0.29, 0.717) is 5.57 Å². The molecule has 0 aromatic heterocycles. The van der Waals surface area contributed by atoms with E-state index in [1.807, 2.05) is 30.3 Å². The summed E-state index contributed by atoms with van der Waals surface area (Å²) in [6.07, 6.45) is -4.07. The summed E-state index contributed by atoms with van der Waals surface area (Å²) in [5, 5.41) is 12.2. The molecule has 0 spiro atoms. The number of amides is 2. The van der Waals surface area contributed by atoms with Gasteiger partial charge in [-0.1, -0.05) is 48.5 Å². The minimum Gasteiger partial charge on any atom is -0.475 e. The number of alkyl carbamates (subject to hydrolysis) is 1. The Morgan fingerprint density at radius 2 is 1.74 bits per heavy atom. The van der Waals surface area contributed by atoms with Crippen molar-refractivity contribution in [1.82, 2.24) is 10.6 Å². The fraction of sp³-hybridized carbons (Fsp3) is 0.227. The van der Waals surface area contributed by atoms with Crippen molar-refractivity contribution in [2.24, 2.45) is 0 Å². The van der Waals surface area contributed by atoms with Crippen LogP contribution >= 0.6 is 0 Å². The Morgan fingerprint density at radius 3 is 2.35 bits per heavy atom. The molecule has 1 aliphatic heterocycles. The number of nitrogens with one attached hydrogen (secondary N) is 2. The van der Waals surface area contributed by atoms with Crippen LogP contribution in [-0.4, -0.2) is 41.8 Å². The van der Waals surface area contributed by atoms with Gasteiger partial charge in [0, 0.05) is 12.1 Å². The number of carbonyl (C=O) groups is 3. The van der Waals surface area contributed by atoms with Crippen LogP contribution in [0.3, 0.4) is 0 Å². The zero-order valence-corrected chi connectivity index (χ0v) is 17.4. The molecule has 3 N–H and O–H groups in total. The number of carboxylic acids is 1. The molecule has 1 atom stereocenters. The van der Waals surface area contributed by atoms with E-state index in [2.05, 4.69) is 10.6 Å². The average molecular weight is 486 g/mol. The second-order valence-corrected chi connectivity index (χ2v) is 6.85. The molecule has 0 fully saturated rings. The van der Waals surface area contributed by atoms with Crippen molar-refractivity contribution >= 4 is 23.5 Å². The first-order valence-corrected chi connectivity index (χ1v) is 9.67. The number of benzene rings is 2. The Kier molecular flexibility index (Phi) is 9.10. The Labute approximate surface area is 190 Å². The summed E-state index contributed by atoms with van der Waals surface area (Å²) < 4.78 is 64.2. The molecule has 2 aromatic carbocycles. The summed E-state index contributed by atoms with van der Waals surface area (Å²) in [6, 6.07) is 12.1. The molecule has 12 heteroatoms. The minimum atomic E-state index is -5.08. The molecule has 1 heterocycles. The summed E-state index contributed by atoms with van der Waals surface area (Å²) in [5.41, 5.74) is 1.35. The van der Waals surface area contributed by atoms with Gasteiger partial charge in [-0.3, -0.25) is 4.79 Å². The lowest BCUT2D eigenvalue weighted by atomic mass is 10.0. The lowest BCUT2D eigenvalue weighted by Gasteiger charge is -2.14. The van der Waals surface area contributed by atoms with E-state index in [4.69, 9.17) is 14.6 Å². The summed E-state index contributed by atoms with van der Waals surface area (Å²) in [7, 11) is 0. The standard InChI is InChI=1S/C20H18F2N2O3.C2HF3O2/c21-16-8-4-7-15(18(16)22)14-9-10-17(19(25)23-11-14)24-20(26)27-12-13-5-2-1-3-6-13;3-2(4,5)1(6)7/h1-9,17H,10-12H2,(H,23,25)(H,24,26);(H,6,7)/t17-;/m1./s1. The summed E-state index contributed by atoms with van der Waals surface area (Å²) in [5.74, 6) is -5.10. The quantitative estimate of drug-likeness (QED) is 0.571. The van der Waals surface area contributed by atoms with E-state index in [0.717, 1.165) is 11.6 Å². The van der Waals surface area contributed by atoms with Gasteiger partial charge in [-0.05, 0) is 23.6 Å². The van der Waals surface area contributed by atoms with Crippen LogP contribution in [0.1, 0.15) is 17.5 Å². The number of hydrogen-bond acceptors (Lipinski definition) is 4. The molecule has 0 saturated heterocycles. The molecule has 3 rings (SSSR count). The number of rotatable bonds is 4. The maximum Gasteiger partial charge on any atom is 0.490 e. The van der Waals surface area contributed by atoms with Gasteiger partial charge in [-0.25, -0.2) is 18.4 Å². The van der Waals surface area contributed by atoms with Crippen LogP contribution in [0.5, 0.6) is 0 Å². The summed E-state index contributed by atoms with van der Waals surface area (Å²) in [4.78, 5) is 33.0. The van der Waals surface area contributed by atoms with Gasteiger partial charge in [0.05, 0.1) is 0 Å². The highest BCUT2D eigenvalue weighted by Crippen LogP contribution is 2.22. The van der Waals surface area contributed by atoms with Gasteiger partial charge in [0.2, 0.25) is 5.91 Å². The number of carbonyl (C=O) groups excluding carboxylic acids is 2. The molecule has 0 aliphatic carbocycles. The zero-order valence-electron chi connectivity index (χ0n) is 17.4. The van der Waals surface area contributed by atoms with Crippen LogP contribution in [0, 0.1) is 11.6 Å². The van der Waals surface area contributed by atoms with Gasteiger partial charge in [-0.2, -0.15) is 13.2 Å². The monoisotopic (exact) mass is 486 g/mol. The number of ether oxygens (including phenoxy) is 1. The molecule has 7 nitrogen and oxygen atoms in total. The van der Waals surface area contributed by atoms with Crippen molar-refractivity contribution in [3.63, 3.8) is 0 Å². The topological polar surface area (TPSA) is 105 Å². The van der Waals surface area contributed by atoms with Crippen LogP contribution in [0.25, 0.3) is 5.57 Å². The molecule has 0 saturated carbocycles. The smallest absolute Gasteiger partial charge is 0.475 e. The molecule has 0 bridgehead atoms. The molecule has 0 radical (unpaired) electrons. The number of alkyl halides is 3. The minimum absolute atomic E-state index is 0.0381. The lowest BCUT2D eigenvalue weighted by molar-refractivity contribution is -0.192. The average Bonchev–Trinajstić information content (AvgIpc) is 2.96. The fourth-order valence-electron chi connectivity index (χ4n) is 2.73. The van der Waals surface area contributed by atoms with Crippen LogP contribution in [-0.2, 0) is 20.9 Å². The van der Waals surface area contributed by atoms with E-state index in [-0.39, 0.29) is 25.1 Å². The Hall–Kier alpha value is -3.96. The zero-order chi connectivity index (χ0) is 25.3. The van der Waals surface area contributed by atoms with E-state index in [1.165, 1.54) is 12.1 Å². The largest absolute Gasteiger partial charge is 0.490 e. The maximum atomic E-state index is 14.0. The van der Waals surface area contributed by atoms with Crippen molar-refractivity contribution in [3.05, 3.63) is 77.4 Å². The maximum absolute atomic E-state index is 14.0. The van der Waals surface area contributed by atoms with Gasteiger partial charge < -0.3 is 20.5 Å². The fourth-order valence-corrected chi connectivity index (χ4v) is 2.73. The van der Waals surface area contributed by atoms with Gasteiger partial charge in [0.25, 0.3) is 0 Å². The van der Waals surface area contributed by atoms with Crippen molar-refractivity contribution in [1.29, 1.82) is 0 Å². The highest BCUT2D eigenvalue weighted by molar-refractivity contribution is 5.88. The van der Waals surface area contributed by atoms with Gasteiger partial charge in [0.1, 0.15) is 12.6 Å². The van der Waals surface area contributed by atoms with E-state index < -0.39 is 41.8 Å². The number of halogens is 5. The van der Waals surface area contributed by atoms with Crippen LogP contribution in [0.15, 0.2) is 54.6 Å². The molecule has 2 amide bonds. The van der Waals surface area contributed by atoms with Gasteiger partial charge in [0.15, 0.2) is 11.6 Å². The first kappa shape index (κ1) is 26.3. The second kappa shape index (κ2) is 11.8. The molecule has 0 unspecified atom stereocenters. The molecule has 2 aromatic rings. The molecular formula is C22H19F5N2O5. The summed E-state index contributed by atoms with van der Waals surface area (Å²) >= 11 is 0. The predicted octanol–water partition coefficient (Wildman–Crippen LogP) is 3.80. The van der Waals surface area contributed by atoms with Crippen molar-refractivity contribution < 1.29 is 46.2 Å². The van der Waals surface area contributed by atoms with E-state index in [1.54, 1.807) is 6.08 Å². The number of carboxylic acid groups (broad SMARTS) is 1. The third-order valence-corrected chi connectivity index (χ3v) is 4.41. The summed E-state index contributed by atoms with van der Waals surface area (Å²) in [6.45, 7) is 0.118. The molecule has 182 valence electrons. The highest BCUT2D eigenvalue weighted by Gasteiger charge is 2.38. The highest BCUT2D eigenvalue weighted by atomic mass is 19.4. The first-order valence-electron chi connectivity index (χ1n) is 9.67. The van der Waals surface area contributed by atoms with Crippen molar-refractivity contribution in [2.75, 3.05) is 6.54 Å². The normalized spacial score (nSPS) is 15.6. The Balaban J connectivity index is 0.000000509. The van der Waals surface area contributed by atoms with Crippen LogP contribution in [0.2, 0.25) is 0 Å².